The van der Waals surface area contributed by atoms with E-state index in [1.807, 2.05) is 0 Å². The minimum Gasteiger partial charge on any atom is -0.381 e. The molecule has 1 aliphatic carbocycles. The summed E-state index contributed by atoms with van der Waals surface area (Å²) in [4.78, 5) is 7.68. The van der Waals surface area contributed by atoms with Gasteiger partial charge in [-0.1, -0.05) is 19.3 Å². The van der Waals surface area contributed by atoms with Crippen molar-refractivity contribution < 1.29 is 9.47 Å². The zero-order valence-corrected chi connectivity index (χ0v) is 20.8. The number of hydrogen-bond donors (Lipinski definition) is 2. The number of halogens is 1. The van der Waals surface area contributed by atoms with E-state index in [9.17, 15) is 0 Å². The standard InChI is InChI=1S/C22H42N4O2.HI/c1-2-23-21(24-13-8-16-28-20-9-4-3-5-10-20)25-19-22(11-17-27-18-12-22)26-14-6-7-15-26;/h20H,2-19H2,1H3,(H2,23,24,25);1H. The lowest BCUT2D eigenvalue weighted by atomic mass is 9.88. The summed E-state index contributed by atoms with van der Waals surface area (Å²) < 4.78 is 11.7. The molecular weight excluding hydrogens is 479 g/mol. The summed E-state index contributed by atoms with van der Waals surface area (Å²) in [6, 6.07) is 0. The predicted molar refractivity (Wildman–Crippen MR) is 130 cm³/mol. The molecule has 2 heterocycles. The maximum atomic E-state index is 6.04. The minimum absolute atomic E-state index is 0. The van der Waals surface area contributed by atoms with Crippen molar-refractivity contribution in [2.45, 2.75) is 82.8 Å². The second kappa shape index (κ2) is 14.0. The van der Waals surface area contributed by atoms with Gasteiger partial charge in [0.2, 0.25) is 0 Å². The molecule has 7 heteroatoms. The first kappa shape index (κ1) is 25.1. The van der Waals surface area contributed by atoms with Crippen molar-refractivity contribution in [2.75, 3.05) is 52.5 Å². The summed E-state index contributed by atoms with van der Waals surface area (Å²) in [6.07, 6.45) is 13.0. The lowest BCUT2D eigenvalue weighted by Crippen LogP contribution is -2.54. The Bertz CT molecular complexity index is 460. The number of ether oxygens (including phenoxy) is 2. The Morgan fingerprint density at radius 2 is 1.79 bits per heavy atom. The first-order valence-corrected chi connectivity index (χ1v) is 11.8. The highest BCUT2D eigenvalue weighted by atomic mass is 127. The average molecular weight is 523 g/mol. The van der Waals surface area contributed by atoms with E-state index in [1.54, 1.807) is 0 Å². The Morgan fingerprint density at radius 1 is 1.07 bits per heavy atom. The predicted octanol–water partition coefficient (Wildman–Crippen LogP) is 3.54. The average Bonchev–Trinajstić information content (AvgIpc) is 3.29. The molecule has 0 amide bonds. The van der Waals surface area contributed by atoms with Crippen LogP contribution in [0, 0.1) is 0 Å². The fraction of sp³-hybridized carbons (Fsp3) is 0.955. The van der Waals surface area contributed by atoms with Crippen LogP contribution in [-0.2, 0) is 9.47 Å². The zero-order valence-electron chi connectivity index (χ0n) is 18.4. The van der Waals surface area contributed by atoms with Gasteiger partial charge in [0.25, 0.3) is 0 Å². The monoisotopic (exact) mass is 522 g/mol. The number of likely N-dealkylation sites (tertiary alicyclic amines) is 1. The molecular formula is C22H43IN4O2. The van der Waals surface area contributed by atoms with Gasteiger partial charge in [0.05, 0.1) is 12.6 Å². The molecule has 0 aromatic heterocycles. The number of nitrogens with zero attached hydrogens (tertiary/aromatic N) is 2. The Balaban J connectivity index is 0.00000300. The van der Waals surface area contributed by atoms with Gasteiger partial charge in [-0.2, -0.15) is 0 Å². The molecule has 0 bridgehead atoms. The summed E-state index contributed by atoms with van der Waals surface area (Å²) in [6.45, 7) is 9.84. The van der Waals surface area contributed by atoms with Crippen LogP contribution >= 0.6 is 24.0 Å². The van der Waals surface area contributed by atoms with Gasteiger partial charge in [-0.05, 0) is 65.0 Å². The Morgan fingerprint density at radius 3 is 2.48 bits per heavy atom. The van der Waals surface area contributed by atoms with Gasteiger partial charge in [-0.3, -0.25) is 9.89 Å². The molecule has 2 aliphatic heterocycles. The highest BCUT2D eigenvalue weighted by molar-refractivity contribution is 14.0. The summed E-state index contributed by atoms with van der Waals surface area (Å²) >= 11 is 0. The SMILES string of the molecule is CCNC(=NCC1(N2CCCC2)CCOCC1)NCCCOC1CCCCC1.I. The van der Waals surface area contributed by atoms with Crippen LogP contribution in [0.5, 0.6) is 0 Å². The second-order valence-electron chi connectivity index (χ2n) is 8.64. The van der Waals surface area contributed by atoms with Gasteiger partial charge in [-0.15, -0.1) is 24.0 Å². The second-order valence-corrected chi connectivity index (χ2v) is 8.64. The van der Waals surface area contributed by atoms with Crippen LogP contribution in [0.4, 0.5) is 0 Å². The lowest BCUT2D eigenvalue weighted by Gasteiger charge is -2.43. The molecule has 3 fully saturated rings. The maximum Gasteiger partial charge on any atom is 0.191 e. The van der Waals surface area contributed by atoms with Crippen LogP contribution in [0.2, 0.25) is 0 Å². The number of nitrogens with one attached hydrogen (secondary N) is 2. The van der Waals surface area contributed by atoms with E-state index in [4.69, 9.17) is 14.5 Å². The Kier molecular flexibility index (Phi) is 12.2. The third kappa shape index (κ3) is 8.15. The van der Waals surface area contributed by atoms with E-state index in [1.165, 1.54) is 58.0 Å². The van der Waals surface area contributed by atoms with E-state index in [0.717, 1.165) is 64.7 Å². The van der Waals surface area contributed by atoms with Crippen LogP contribution in [0.3, 0.4) is 0 Å². The van der Waals surface area contributed by atoms with Crippen molar-refractivity contribution >= 4 is 29.9 Å². The Labute approximate surface area is 195 Å². The molecule has 2 saturated heterocycles. The van der Waals surface area contributed by atoms with Crippen molar-refractivity contribution in [1.29, 1.82) is 0 Å². The first-order valence-electron chi connectivity index (χ1n) is 11.8. The summed E-state index contributed by atoms with van der Waals surface area (Å²) in [5.74, 6) is 0.949. The van der Waals surface area contributed by atoms with Gasteiger partial charge in [0.15, 0.2) is 5.96 Å². The zero-order chi connectivity index (χ0) is 19.5. The maximum absolute atomic E-state index is 6.04. The molecule has 2 N–H and O–H groups in total. The normalized spacial score (nSPS) is 23.6. The summed E-state index contributed by atoms with van der Waals surface area (Å²) in [5, 5.41) is 6.93. The fourth-order valence-electron chi connectivity index (χ4n) is 4.85. The topological polar surface area (TPSA) is 58.1 Å². The third-order valence-corrected chi connectivity index (χ3v) is 6.60. The number of aliphatic imine (C=N–C) groups is 1. The van der Waals surface area contributed by atoms with Crippen molar-refractivity contribution in [3.05, 3.63) is 0 Å². The Hall–Kier alpha value is -0.120. The minimum atomic E-state index is 0. The van der Waals surface area contributed by atoms with Crippen LogP contribution in [0.15, 0.2) is 4.99 Å². The van der Waals surface area contributed by atoms with Gasteiger partial charge in [0.1, 0.15) is 0 Å². The molecule has 170 valence electrons. The summed E-state index contributed by atoms with van der Waals surface area (Å²) in [7, 11) is 0. The van der Waals surface area contributed by atoms with Gasteiger partial charge in [-0.25, -0.2) is 0 Å². The molecule has 0 radical (unpaired) electrons. The molecule has 0 aromatic carbocycles. The molecule has 29 heavy (non-hydrogen) atoms. The smallest absolute Gasteiger partial charge is 0.191 e. The number of guanidine groups is 1. The quantitative estimate of drug-likeness (QED) is 0.210. The van der Waals surface area contributed by atoms with Crippen molar-refractivity contribution in [3.63, 3.8) is 0 Å². The van der Waals surface area contributed by atoms with E-state index < -0.39 is 0 Å². The largest absolute Gasteiger partial charge is 0.381 e. The van der Waals surface area contributed by atoms with Gasteiger partial charge >= 0.3 is 0 Å². The fourth-order valence-corrected chi connectivity index (χ4v) is 4.85. The van der Waals surface area contributed by atoms with Crippen LogP contribution < -0.4 is 10.6 Å². The van der Waals surface area contributed by atoms with Crippen molar-refractivity contribution in [1.82, 2.24) is 15.5 Å². The molecule has 3 aliphatic rings. The third-order valence-electron chi connectivity index (χ3n) is 6.60. The highest BCUT2D eigenvalue weighted by Gasteiger charge is 2.39. The molecule has 0 unspecified atom stereocenters. The molecule has 1 saturated carbocycles. The molecule has 3 rings (SSSR count). The molecule has 0 spiro atoms. The summed E-state index contributed by atoms with van der Waals surface area (Å²) in [5.41, 5.74) is 0.196. The van der Waals surface area contributed by atoms with Crippen LogP contribution in [-0.4, -0.2) is 75.0 Å². The lowest BCUT2D eigenvalue weighted by molar-refractivity contribution is -0.0139. The molecule has 0 atom stereocenters. The van der Waals surface area contributed by atoms with Gasteiger partial charge < -0.3 is 20.1 Å². The number of rotatable bonds is 9. The molecule has 0 aromatic rings. The van der Waals surface area contributed by atoms with Crippen LogP contribution in [0.1, 0.15) is 71.1 Å². The van der Waals surface area contributed by atoms with E-state index >= 15 is 0 Å². The van der Waals surface area contributed by atoms with Crippen LogP contribution in [0.25, 0.3) is 0 Å². The van der Waals surface area contributed by atoms with E-state index in [2.05, 4.69) is 22.5 Å². The van der Waals surface area contributed by atoms with E-state index in [0.29, 0.717) is 6.10 Å². The highest BCUT2D eigenvalue weighted by Crippen LogP contribution is 2.31. The van der Waals surface area contributed by atoms with Gasteiger partial charge in [0, 0.05) is 38.4 Å². The van der Waals surface area contributed by atoms with E-state index in [-0.39, 0.29) is 29.5 Å². The first-order chi connectivity index (χ1) is 13.8. The number of hydrogen-bond acceptors (Lipinski definition) is 4. The van der Waals surface area contributed by atoms with Crippen molar-refractivity contribution in [2.24, 2.45) is 4.99 Å². The van der Waals surface area contributed by atoms with Crippen molar-refractivity contribution in [3.8, 4) is 0 Å². The molecule has 6 nitrogen and oxygen atoms in total.